The first-order valence-electron chi connectivity index (χ1n) is 8.37. The molecule has 2 atom stereocenters. The van der Waals surface area contributed by atoms with Gasteiger partial charge in [-0.15, -0.1) is 0 Å². The molecular weight excluding hydrogens is 351 g/mol. The van der Waals surface area contributed by atoms with Gasteiger partial charge in [0.1, 0.15) is 5.82 Å². The van der Waals surface area contributed by atoms with Gasteiger partial charge >= 0.3 is 0 Å². The molecule has 0 unspecified atom stereocenters. The molecule has 7 heteroatoms. The average molecular weight is 375 g/mol. The molecule has 0 bridgehead atoms. The third-order valence-corrected chi connectivity index (χ3v) is 6.88. The van der Waals surface area contributed by atoms with Crippen LogP contribution in [-0.4, -0.2) is 61.4 Å². The van der Waals surface area contributed by atoms with Gasteiger partial charge in [-0.1, -0.05) is 31.5 Å². The van der Waals surface area contributed by atoms with Crippen molar-refractivity contribution >= 4 is 21.4 Å². The number of halogens is 2. The summed E-state index contributed by atoms with van der Waals surface area (Å²) in [6, 6.07) is 4.85. The molecule has 4 nitrogen and oxygen atoms in total. The fourth-order valence-electron chi connectivity index (χ4n) is 3.86. The minimum Gasteiger partial charge on any atom is -0.296 e. The van der Waals surface area contributed by atoms with Crippen LogP contribution in [-0.2, 0) is 16.4 Å². The lowest BCUT2D eigenvalue weighted by Crippen LogP contribution is -2.59. The van der Waals surface area contributed by atoms with Crippen molar-refractivity contribution in [1.82, 2.24) is 9.80 Å². The number of benzene rings is 1. The molecule has 0 radical (unpaired) electrons. The van der Waals surface area contributed by atoms with Crippen molar-refractivity contribution in [3.05, 3.63) is 34.6 Å². The van der Waals surface area contributed by atoms with Crippen molar-refractivity contribution in [2.24, 2.45) is 5.92 Å². The summed E-state index contributed by atoms with van der Waals surface area (Å²) < 4.78 is 38.1. The second-order valence-corrected chi connectivity index (χ2v) is 9.88. The molecule has 1 aromatic carbocycles. The molecular formula is C17H24ClFN2O2S. The van der Waals surface area contributed by atoms with E-state index in [1.807, 2.05) is 6.07 Å². The zero-order valence-electron chi connectivity index (χ0n) is 14.1. The molecule has 0 aliphatic carbocycles. The lowest BCUT2D eigenvalue weighted by molar-refractivity contribution is 0.0337. The number of hydrogen-bond acceptors (Lipinski definition) is 4. The first-order chi connectivity index (χ1) is 11.2. The normalized spacial score (nSPS) is 27.5. The van der Waals surface area contributed by atoms with E-state index < -0.39 is 15.7 Å². The first kappa shape index (κ1) is 18.1. The van der Waals surface area contributed by atoms with Crippen LogP contribution in [0.2, 0.25) is 5.02 Å². The number of fused-ring (bicyclic) bond motifs is 1. The molecule has 0 amide bonds. The fourth-order valence-corrected chi connectivity index (χ4v) is 6.02. The number of piperazine rings is 1. The number of rotatable bonds is 4. The summed E-state index contributed by atoms with van der Waals surface area (Å²) in [5.41, 5.74) is 0.831. The van der Waals surface area contributed by atoms with Gasteiger partial charge in [0.15, 0.2) is 9.84 Å². The molecule has 24 heavy (non-hydrogen) atoms. The highest BCUT2D eigenvalue weighted by molar-refractivity contribution is 7.91. The molecule has 134 valence electrons. The summed E-state index contributed by atoms with van der Waals surface area (Å²) in [6.45, 7) is 7.43. The summed E-state index contributed by atoms with van der Waals surface area (Å²) >= 11 is 5.74. The molecule has 0 N–H and O–H groups in total. The van der Waals surface area contributed by atoms with Crippen LogP contribution in [0.4, 0.5) is 4.39 Å². The number of nitrogens with zero attached hydrogens (tertiary/aromatic N) is 2. The van der Waals surface area contributed by atoms with Crippen molar-refractivity contribution in [2.75, 3.05) is 31.1 Å². The van der Waals surface area contributed by atoms with Crippen LogP contribution in [0, 0.1) is 11.7 Å². The van der Waals surface area contributed by atoms with E-state index in [1.54, 1.807) is 6.07 Å². The minimum absolute atomic E-state index is 0.0127. The van der Waals surface area contributed by atoms with Crippen LogP contribution in [0.25, 0.3) is 0 Å². The average Bonchev–Trinajstić information content (AvgIpc) is 2.81. The quantitative estimate of drug-likeness (QED) is 0.811. The Morgan fingerprint density at radius 2 is 1.83 bits per heavy atom. The number of hydrogen-bond donors (Lipinski definition) is 0. The Morgan fingerprint density at radius 1 is 1.21 bits per heavy atom. The Balaban J connectivity index is 1.79. The number of sulfone groups is 1. The van der Waals surface area contributed by atoms with Crippen LogP contribution in [0.15, 0.2) is 18.2 Å². The maximum Gasteiger partial charge on any atom is 0.153 e. The van der Waals surface area contributed by atoms with Crippen molar-refractivity contribution in [3.8, 4) is 0 Å². The fraction of sp³-hybridized carbons (Fsp3) is 0.647. The van der Waals surface area contributed by atoms with Crippen molar-refractivity contribution < 1.29 is 12.8 Å². The first-order valence-corrected chi connectivity index (χ1v) is 10.6. The molecule has 2 heterocycles. The monoisotopic (exact) mass is 374 g/mol. The largest absolute Gasteiger partial charge is 0.296 e. The Kier molecular flexibility index (Phi) is 5.21. The van der Waals surface area contributed by atoms with E-state index in [-0.39, 0.29) is 28.6 Å². The summed E-state index contributed by atoms with van der Waals surface area (Å²) in [5.74, 6) is 0.507. The Labute approximate surface area is 148 Å². The molecule has 2 aliphatic heterocycles. The molecule has 2 saturated heterocycles. The van der Waals surface area contributed by atoms with Gasteiger partial charge in [-0.2, -0.15) is 0 Å². The SMILES string of the molecule is CC(C)CN1CCN(Cc2ccc(Cl)c(F)c2)[C@H]2CS(=O)(=O)C[C@H]21. The van der Waals surface area contributed by atoms with Gasteiger partial charge in [-0.25, -0.2) is 12.8 Å². The van der Waals surface area contributed by atoms with Crippen molar-refractivity contribution in [3.63, 3.8) is 0 Å². The zero-order chi connectivity index (χ0) is 17.5. The van der Waals surface area contributed by atoms with Crippen LogP contribution in [0.5, 0.6) is 0 Å². The third kappa shape index (κ3) is 3.93. The Bertz CT molecular complexity index is 711. The van der Waals surface area contributed by atoms with E-state index in [4.69, 9.17) is 11.6 Å². The van der Waals surface area contributed by atoms with Gasteiger partial charge in [0.2, 0.25) is 0 Å². The van der Waals surface area contributed by atoms with Crippen molar-refractivity contribution in [1.29, 1.82) is 0 Å². The van der Waals surface area contributed by atoms with E-state index in [2.05, 4.69) is 23.6 Å². The Morgan fingerprint density at radius 3 is 2.46 bits per heavy atom. The predicted octanol–water partition coefficient (Wildman–Crippen LogP) is 2.42. The standard InChI is InChI=1S/C17H24ClFN2O2S/c1-12(2)8-20-5-6-21(17-11-24(22,23)10-16(17)20)9-13-3-4-14(18)15(19)7-13/h3-4,7,12,16-17H,5-6,8-11H2,1-2H3/t16-,17+/m1/s1. The maximum absolute atomic E-state index is 13.7. The van der Waals surface area contributed by atoms with Gasteiger partial charge in [0.05, 0.1) is 16.5 Å². The second kappa shape index (κ2) is 6.90. The van der Waals surface area contributed by atoms with Gasteiger partial charge in [0, 0.05) is 38.3 Å². The van der Waals surface area contributed by atoms with Crippen LogP contribution in [0.3, 0.4) is 0 Å². The van der Waals surface area contributed by atoms with E-state index in [1.165, 1.54) is 6.07 Å². The van der Waals surface area contributed by atoms with E-state index >= 15 is 0 Å². The highest BCUT2D eigenvalue weighted by Crippen LogP contribution is 2.29. The lowest BCUT2D eigenvalue weighted by atomic mass is 10.0. The van der Waals surface area contributed by atoms with Gasteiger partial charge in [-0.05, 0) is 23.6 Å². The summed E-state index contributed by atoms with van der Waals surface area (Å²) in [5, 5.41) is 0.113. The van der Waals surface area contributed by atoms with Crippen LogP contribution < -0.4 is 0 Å². The predicted molar refractivity (Wildman–Crippen MR) is 94.5 cm³/mol. The topological polar surface area (TPSA) is 40.6 Å². The second-order valence-electron chi connectivity index (χ2n) is 7.32. The zero-order valence-corrected chi connectivity index (χ0v) is 15.7. The minimum atomic E-state index is -3.02. The lowest BCUT2D eigenvalue weighted by Gasteiger charge is -2.44. The molecule has 1 aromatic rings. The highest BCUT2D eigenvalue weighted by atomic mass is 35.5. The Hall–Kier alpha value is -0.690. The molecule has 0 saturated carbocycles. The van der Waals surface area contributed by atoms with Crippen LogP contribution >= 0.6 is 11.6 Å². The molecule has 2 aliphatic rings. The van der Waals surface area contributed by atoms with Gasteiger partial charge in [-0.3, -0.25) is 9.80 Å². The molecule has 3 rings (SSSR count). The third-order valence-electron chi connectivity index (χ3n) is 4.88. The van der Waals surface area contributed by atoms with E-state index in [9.17, 15) is 12.8 Å². The van der Waals surface area contributed by atoms with Gasteiger partial charge in [0.25, 0.3) is 0 Å². The van der Waals surface area contributed by atoms with Crippen LogP contribution in [0.1, 0.15) is 19.4 Å². The summed E-state index contributed by atoms with van der Waals surface area (Å²) in [6.07, 6.45) is 0. The molecule has 0 aromatic heterocycles. The van der Waals surface area contributed by atoms with Gasteiger partial charge < -0.3 is 0 Å². The van der Waals surface area contributed by atoms with E-state index in [0.717, 1.165) is 25.2 Å². The smallest absolute Gasteiger partial charge is 0.153 e. The molecule has 0 spiro atoms. The maximum atomic E-state index is 13.7. The summed E-state index contributed by atoms with van der Waals surface area (Å²) in [4.78, 5) is 4.51. The van der Waals surface area contributed by atoms with Crippen molar-refractivity contribution in [2.45, 2.75) is 32.5 Å². The highest BCUT2D eigenvalue weighted by Gasteiger charge is 2.46. The van der Waals surface area contributed by atoms with E-state index in [0.29, 0.717) is 12.5 Å². The summed E-state index contributed by atoms with van der Waals surface area (Å²) in [7, 11) is -3.02. The molecule has 2 fully saturated rings.